The second kappa shape index (κ2) is 6.44. The smallest absolute Gasteiger partial charge is 0.365 e. The van der Waals surface area contributed by atoms with Gasteiger partial charge in [-0.25, -0.2) is 13.2 Å². The van der Waals surface area contributed by atoms with Gasteiger partial charge in [-0.1, -0.05) is 16.8 Å². The number of amidine groups is 1. The molecule has 1 aromatic rings. The lowest BCUT2D eigenvalue weighted by atomic mass is 10.2. The van der Waals surface area contributed by atoms with E-state index in [1.807, 2.05) is 0 Å². The zero-order chi connectivity index (χ0) is 16.3. The van der Waals surface area contributed by atoms with Crippen LogP contribution < -0.4 is 5.73 Å². The molecule has 0 aliphatic carbocycles. The number of carbonyl (C=O) groups excluding carboxylic acids is 1. The molecule has 0 radical (unpaired) electrons. The second-order valence-electron chi connectivity index (χ2n) is 5.34. The summed E-state index contributed by atoms with van der Waals surface area (Å²) < 4.78 is 22.8. The third-order valence-corrected chi connectivity index (χ3v) is 5.39. The van der Waals surface area contributed by atoms with Gasteiger partial charge in [0.1, 0.15) is 5.75 Å². The molecule has 116 valence electrons. The Bertz CT molecular complexity index is 646. The van der Waals surface area contributed by atoms with Gasteiger partial charge in [-0.2, -0.15) is 0 Å². The SMILES string of the molecule is CC(C)(C)S(=O)(=O)CC(N)=NOC(=O)c1ccc(Cl)cc1. The Kier molecular flexibility index (Phi) is 5.36. The Morgan fingerprint density at radius 1 is 1.29 bits per heavy atom. The van der Waals surface area contributed by atoms with E-state index in [0.29, 0.717) is 5.02 Å². The van der Waals surface area contributed by atoms with E-state index in [1.54, 1.807) is 20.8 Å². The van der Waals surface area contributed by atoms with E-state index in [4.69, 9.17) is 17.3 Å². The minimum atomic E-state index is -3.48. The van der Waals surface area contributed by atoms with Gasteiger partial charge in [0.2, 0.25) is 0 Å². The molecule has 6 nitrogen and oxygen atoms in total. The van der Waals surface area contributed by atoms with Crippen LogP contribution in [-0.4, -0.2) is 30.7 Å². The molecule has 21 heavy (non-hydrogen) atoms. The number of nitrogens with zero attached hydrogens (tertiary/aromatic N) is 1. The molecular formula is C13H17ClN2O4S. The Labute approximate surface area is 128 Å². The molecule has 0 amide bonds. The average molecular weight is 333 g/mol. The third-order valence-electron chi connectivity index (χ3n) is 2.60. The van der Waals surface area contributed by atoms with Crippen molar-refractivity contribution in [2.75, 3.05) is 5.75 Å². The molecule has 0 atom stereocenters. The van der Waals surface area contributed by atoms with Gasteiger partial charge in [-0.05, 0) is 45.0 Å². The van der Waals surface area contributed by atoms with Gasteiger partial charge in [-0.3, -0.25) is 0 Å². The van der Waals surface area contributed by atoms with Crippen LogP contribution in [-0.2, 0) is 14.7 Å². The van der Waals surface area contributed by atoms with Crippen LogP contribution in [0.25, 0.3) is 0 Å². The molecule has 8 heteroatoms. The van der Waals surface area contributed by atoms with Crippen molar-refractivity contribution < 1.29 is 18.0 Å². The number of nitrogens with two attached hydrogens (primary N) is 1. The van der Waals surface area contributed by atoms with Crippen LogP contribution in [0.4, 0.5) is 0 Å². The van der Waals surface area contributed by atoms with Gasteiger partial charge in [0.25, 0.3) is 0 Å². The summed E-state index contributed by atoms with van der Waals surface area (Å²) in [6.07, 6.45) is 0. The van der Waals surface area contributed by atoms with Crippen molar-refractivity contribution in [1.82, 2.24) is 0 Å². The molecule has 1 rings (SSSR count). The summed E-state index contributed by atoms with van der Waals surface area (Å²) in [5.41, 5.74) is 5.71. The highest BCUT2D eigenvalue weighted by atomic mass is 35.5. The monoisotopic (exact) mass is 332 g/mol. The van der Waals surface area contributed by atoms with Crippen LogP contribution >= 0.6 is 11.6 Å². The van der Waals surface area contributed by atoms with Crippen molar-refractivity contribution in [3.63, 3.8) is 0 Å². The van der Waals surface area contributed by atoms with Gasteiger partial charge in [0.05, 0.1) is 10.3 Å². The molecule has 0 aromatic heterocycles. The van der Waals surface area contributed by atoms with Crippen LogP contribution in [0.15, 0.2) is 29.4 Å². The van der Waals surface area contributed by atoms with Gasteiger partial charge in [-0.15, -0.1) is 0 Å². The van der Waals surface area contributed by atoms with E-state index in [9.17, 15) is 13.2 Å². The predicted molar refractivity (Wildman–Crippen MR) is 82.0 cm³/mol. The van der Waals surface area contributed by atoms with E-state index in [1.165, 1.54) is 24.3 Å². The number of halogens is 1. The van der Waals surface area contributed by atoms with Crippen molar-refractivity contribution in [3.05, 3.63) is 34.9 Å². The van der Waals surface area contributed by atoms with Crippen molar-refractivity contribution in [1.29, 1.82) is 0 Å². The van der Waals surface area contributed by atoms with E-state index in [2.05, 4.69) is 9.99 Å². The molecule has 0 spiro atoms. The standard InChI is InChI=1S/C13H17ClN2O4S/c1-13(2,3)21(18,19)8-11(15)16-20-12(17)9-4-6-10(14)7-5-9/h4-7H,8H2,1-3H3,(H2,15,16). The first kappa shape index (κ1) is 17.5. The normalized spacial score (nSPS) is 13.0. The lowest BCUT2D eigenvalue weighted by molar-refractivity contribution is 0.0515. The summed E-state index contributed by atoms with van der Waals surface area (Å²) in [7, 11) is -3.48. The van der Waals surface area contributed by atoms with Gasteiger partial charge < -0.3 is 10.6 Å². The molecule has 0 aliphatic heterocycles. The molecule has 0 bridgehead atoms. The van der Waals surface area contributed by atoms with Crippen LogP contribution in [0, 0.1) is 0 Å². The summed E-state index contributed by atoms with van der Waals surface area (Å²) in [6, 6.07) is 5.97. The van der Waals surface area contributed by atoms with E-state index in [-0.39, 0.29) is 11.4 Å². The number of rotatable bonds is 4. The molecule has 0 unspecified atom stereocenters. The molecule has 0 heterocycles. The Hall–Kier alpha value is -1.60. The zero-order valence-electron chi connectivity index (χ0n) is 12.0. The van der Waals surface area contributed by atoms with E-state index < -0.39 is 26.3 Å². The Morgan fingerprint density at radius 2 is 1.81 bits per heavy atom. The fourth-order valence-corrected chi connectivity index (χ4v) is 2.18. The topological polar surface area (TPSA) is 98.8 Å². The highest BCUT2D eigenvalue weighted by Crippen LogP contribution is 2.15. The molecule has 0 aliphatic rings. The molecule has 0 fully saturated rings. The maximum atomic E-state index is 11.9. The first-order valence-electron chi connectivity index (χ1n) is 6.04. The molecule has 2 N–H and O–H groups in total. The maximum absolute atomic E-state index is 11.9. The number of benzene rings is 1. The maximum Gasteiger partial charge on any atom is 0.365 e. The quantitative estimate of drug-likeness (QED) is 0.393. The highest BCUT2D eigenvalue weighted by Gasteiger charge is 2.30. The number of sulfone groups is 1. The van der Waals surface area contributed by atoms with Crippen molar-refractivity contribution in [2.24, 2.45) is 10.9 Å². The largest absolute Gasteiger partial charge is 0.384 e. The number of oxime groups is 1. The number of carbonyl (C=O) groups is 1. The van der Waals surface area contributed by atoms with E-state index in [0.717, 1.165) is 0 Å². The van der Waals surface area contributed by atoms with E-state index >= 15 is 0 Å². The zero-order valence-corrected chi connectivity index (χ0v) is 13.5. The fourth-order valence-electron chi connectivity index (χ4n) is 1.18. The summed E-state index contributed by atoms with van der Waals surface area (Å²) in [5.74, 6) is -1.51. The summed E-state index contributed by atoms with van der Waals surface area (Å²) in [4.78, 5) is 16.3. The number of hydrogen-bond acceptors (Lipinski definition) is 5. The van der Waals surface area contributed by atoms with Crippen LogP contribution in [0.2, 0.25) is 5.02 Å². The average Bonchev–Trinajstić information content (AvgIpc) is 2.35. The lowest BCUT2D eigenvalue weighted by Gasteiger charge is -2.18. The minimum absolute atomic E-state index is 0.231. The Balaban J connectivity index is 2.72. The summed E-state index contributed by atoms with van der Waals surface area (Å²) >= 11 is 5.69. The highest BCUT2D eigenvalue weighted by molar-refractivity contribution is 7.93. The van der Waals surface area contributed by atoms with Gasteiger partial charge >= 0.3 is 5.97 Å². The van der Waals surface area contributed by atoms with Crippen molar-refractivity contribution in [3.8, 4) is 0 Å². The first-order valence-corrected chi connectivity index (χ1v) is 8.07. The minimum Gasteiger partial charge on any atom is -0.384 e. The van der Waals surface area contributed by atoms with Crippen molar-refractivity contribution >= 4 is 33.2 Å². The molecular weight excluding hydrogens is 316 g/mol. The summed E-state index contributed by atoms with van der Waals surface area (Å²) in [6.45, 7) is 4.65. The van der Waals surface area contributed by atoms with Crippen LogP contribution in [0.1, 0.15) is 31.1 Å². The van der Waals surface area contributed by atoms with Crippen molar-refractivity contribution in [2.45, 2.75) is 25.5 Å². The fraction of sp³-hybridized carbons (Fsp3) is 0.385. The van der Waals surface area contributed by atoms with Crippen LogP contribution in [0.3, 0.4) is 0 Å². The lowest BCUT2D eigenvalue weighted by Crippen LogP contribution is -2.36. The Morgan fingerprint density at radius 3 is 2.29 bits per heavy atom. The summed E-state index contributed by atoms with van der Waals surface area (Å²) in [5, 5.41) is 3.83. The third kappa shape index (κ3) is 5.02. The molecule has 0 saturated heterocycles. The molecule has 1 aromatic carbocycles. The van der Waals surface area contributed by atoms with Gasteiger partial charge in [0, 0.05) is 5.02 Å². The van der Waals surface area contributed by atoms with Gasteiger partial charge in [0.15, 0.2) is 15.7 Å². The predicted octanol–water partition coefficient (Wildman–Crippen LogP) is 1.98. The van der Waals surface area contributed by atoms with Crippen LogP contribution in [0.5, 0.6) is 0 Å². The molecule has 0 saturated carbocycles. The first-order chi connectivity index (χ1) is 9.53. The number of hydrogen-bond donors (Lipinski definition) is 1. The second-order valence-corrected chi connectivity index (χ2v) is 8.52.